The zero-order valence-electron chi connectivity index (χ0n) is 13.0. The fourth-order valence-corrected chi connectivity index (χ4v) is 2.63. The number of hydrogen-bond donors (Lipinski definition) is 1. The molecule has 1 saturated heterocycles. The molecule has 0 bridgehead atoms. The molecule has 0 saturated carbocycles. The van der Waals surface area contributed by atoms with E-state index in [0.717, 1.165) is 25.9 Å². The number of halogens is 3. The SMILES string of the molecule is NC(=NCCc1ccccc1OC(F)(F)F)N1CCCCCC1. The minimum Gasteiger partial charge on any atom is -0.406 e. The van der Waals surface area contributed by atoms with E-state index in [1.807, 2.05) is 4.90 Å². The Labute approximate surface area is 134 Å². The Morgan fingerprint density at radius 3 is 2.43 bits per heavy atom. The van der Waals surface area contributed by atoms with E-state index in [0.29, 0.717) is 24.5 Å². The quantitative estimate of drug-likeness (QED) is 0.681. The lowest BCUT2D eigenvalue weighted by Gasteiger charge is -2.21. The Morgan fingerprint density at radius 2 is 1.78 bits per heavy atom. The Morgan fingerprint density at radius 1 is 1.13 bits per heavy atom. The summed E-state index contributed by atoms with van der Waals surface area (Å²) < 4.78 is 41.2. The lowest BCUT2D eigenvalue weighted by Crippen LogP contribution is -2.38. The molecule has 0 radical (unpaired) electrons. The molecule has 7 heteroatoms. The van der Waals surface area contributed by atoms with Crippen LogP contribution in [0.25, 0.3) is 0 Å². The second kappa shape index (κ2) is 8.08. The van der Waals surface area contributed by atoms with Gasteiger partial charge in [-0.25, -0.2) is 0 Å². The van der Waals surface area contributed by atoms with Crippen LogP contribution in [-0.2, 0) is 6.42 Å². The molecule has 4 nitrogen and oxygen atoms in total. The fraction of sp³-hybridized carbons (Fsp3) is 0.562. The molecule has 0 aliphatic carbocycles. The van der Waals surface area contributed by atoms with Crippen molar-refractivity contribution in [1.29, 1.82) is 0 Å². The number of hydrogen-bond acceptors (Lipinski definition) is 2. The van der Waals surface area contributed by atoms with E-state index in [1.54, 1.807) is 12.1 Å². The van der Waals surface area contributed by atoms with Crippen molar-refractivity contribution in [2.45, 2.75) is 38.5 Å². The lowest BCUT2D eigenvalue weighted by atomic mass is 10.1. The van der Waals surface area contributed by atoms with E-state index >= 15 is 0 Å². The van der Waals surface area contributed by atoms with Gasteiger partial charge >= 0.3 is 6.36 Å². The van der Waals surface area contributed by atoms with Crippen molar-refractivity contribution >= 4 is 5.96 Å². The van der Waals surface area contributed by atoms with Gasteiger partial charge in [-0.15, -0.1) is 13.2 Å². The van der Waals surface area contributed by atoms with Crippen LogP contribution in [0.3, 0.4) is 0 Å². The van der Waals surface area contributed by atoms with Crippen LogP contribution in [0, 0.1) is 0 Å². The third-order valence-corrected chi connectivity index (χ3v) is 3.78. The van der Waals surface area contributed by atoms with Gasteiger partial charge in [0.2, 0.25) is 0 Å². The average Bonchev–Trinajstić information content (AvgIpc) is 2.76. The van der Waals surface area contributed by atoms with Gasteiger partial charge in [-0.1, -0.05) is 31.0 Å². The molecule has 1 aromatic rings. The number of likely N-dealkylation sites (tertiary alicyclic amines) is 1. The highest BCUT2D eigenvalue weighted by atomic mass is 19.4. The van der Waals surface area contributed by atoms with Crippen molar-refractivity contribution < 1.29 is 17.9 Å². The third kappa shape index (κ3) is 6.00. The monoisotopic (exact) mass is 329 g/mol. The van der Waals surface area contributed by atoms with Gasteiger partial charge < -0.3 is 15.4 Å². The molecule has 0 atom stereocenters. The highest BCUT2D eigenvalue weighted by molar-refractivity contribution is 5.78. The smallest absolute Gasteiger partial charge is 0.406 e. The lowest BCUT2D eigenvalue weighted by molar-refractivity contribution is -0.274. The predicted octanol–water partition coefficient (Wildman–Crippen LogP) is 3.32. The molecule has 1 aromatic carbocycles. The van der Waals surface area contributed by atoms with E-state index in [2.05, 4.69) is 9.73 Å². The van der Waals surface area contributed by atoms with Gasteiger partial charge in [-0.2, -0.15) is 0 Å². The molecule has 1 aliphatic rings. The summed E-state index contributed by atoms with van der Waals surface area (Å²) in [5.74, 6) is 0.296. The number of benzene rings is 1. The first kappa shape index (κ1) is 17.4. The maximum atomic E-state index is 12.4. The Hall–Kier alpha value is -1.92. The van der Waals surface area contributed by atoms with Crippen LogP contribution >= 0.6 is 0 Å². The average molecular weight is 329 g/mol. The van der Waals surface area contributed by atoms with Gasteiger partial charge in [0, 0.05) is 19.6 Å². The summed E-state index contributed by atoms with van der Waals surface area (Å²) in [4.78, 5) is 6.35. The van der Waals surface area contributed by atoms with Crippen molar-refractivity contribution in [3.63, 3.8) is 0 Å². The Kier molecular flexibility index (Phi) is 6.12. The van der Waals surface area contributed by atoms with Gasteiger partial charge in [-0.05, 0) is 30.9 Å². The molecule has 0 amide bonds. The topological polar surface area (TPSA) is 50.9 Å². The molecular weight excluding hydrogens is 307 g/mol. The maximum Gasteiger partial charge on any atom is 0.573 e. The Bertz CT molecular complexity index is 524. The van der Waals surface area contributed by atoms with Gasteiger partial charge in [0.05, 0.1) is 0 Å². The standard InChI is InChI=1S/C16H22F3N3O/c17-16(18,19)23-14-8-4-3-7-13(14)9-10-21-15(20)22-11-5-1-2-6-12-22/h3-4,7-8H,1-2,5-6,9-12H2,(H2,20,21). The molecule has 0 aromatic heterocycles. The number of rotatable bonds is 4. The van der Waals surface area contributed by atoms with Crippen molar-refractivity contribution in [2.75, 3.05) is 19.6 Å². The first-order valence-electron chi connectivity index (χ1n) is 7.84. The van der Waals surface area contributed by atoms with E-state index < -0.39 is 6.36 Å². The Balaban J connectivity index is 1.93. The van der Waals surface area contributed by atoms with Crippen molar-refractivity contribution in [2.24, 2.45) is 10.7 Å². The van der Waals surface area contributed by atoms with E-state index in [1.165, 1.54) is 25.0 Å². The van der Waals surface area contributed by atoms with Crippen LogP contribution in [0.15, 0.2) is 29.3 Å². The minimum absolute atomic E-state index is 0.177. The maximum absolute atomic E-state index is 12.4. The van der Waals surface area contributed by atoms with Crippen LogP contribution < -0.4 is 10.5 Å². The van der Waals surface area contributed by atoms with Crippen LogP contribution in [0.4, 0.5) is 13.2 Å². The number of para-hydroxylation sites is 1. The van der Waals surface area contributed by atoms with Crippen molar-refractivity contribution in [3.8, 4) is 5.75 Å². The number of alkyl halides is 3. The molecule has 1 aliphatic heterocycles. The second-order valence-electron chi connectivity index (χ2n) is 5.55. The number of nitrogens with zero attached hydrogens (tertiary/aromatic N) is 2. The first-order chi connectivity index (χ1) is 11.0. The molecule has 1 heterocycles. The molecule has 0 unspecified atom stereocenters. The molecule has 2 rings (SSSR count). The normalized spacial score (nSPS) is 17.0. The number of ether oxygens (including phenoxy) is 1. The molecule has 23 heavy (non-hydrogen) atoms. The van der Waals surface area contributed by atoms with Crippen molar-refractivity contribution in [1.82, 2.24) is 4.90 Å². The van der Waals surface area contributed by atoms with Crippen LogP contribution in [0.5, 0.6) is 5.75 Å². The fourth-order valence-electron chi connectivity index (χ4n) is 2.63. The van der Waals surface area contributed by atoms with E-state index in [-0.39, 0.29) is 5.75 Å². The second-order valence-corrected chi connectivity index (χ2v) is 5.55. The van der Waals surface area contributed by atoms with Gasteiger partial charge in [0.25, 0.3) is 0 Å². The number of aliphatic imine (C=N–C) groups is 1. The highest BCUT2D eigenvalue weighted by Crippen LogP contribution is 2.26. The zero-order valence-corrected chi connectivity index (χ0v) is 13.0. The molecular formula is C16H22F3N3O. The summed E-state index contributed by atoms with van der Waals surface area (Å²) in [5.41, 5.74) is 6.46. The van der Waals surface area contributed by atoms with Gasteiger partial charge in [0.15, 0.2) is 5.96 Å². The molecule has 2 N–H and O–H groups in total. The van der Waals surface area contributed by atoms with E-state index in [4.69, 9.17) is 5.73 Å². The summed E-state index contributed by atoms with van der Waals surface area (Å²) in [6.45, 7) is 2.12. The summed E-state index contributed by atoms with van der Waals surface area (Å²) in [7, 11) is 0. The predicted molar refractivity (Wildman–Crippen MR) is 83.4 cm³/mol. The highest BCUT2D eigenvalue weighted by Gasteiger charge is 2.31. The van der Waals surface area contributed by atoms with Gasteiger partial charge in [-0.3, -0.25) is 4.99 Å². The van der Waals surface area contributed by atoms with Crippen LogP contribution in [0.1, 0.15) is 31.2 Å². The van der Waals surface area contributed by atoms with Crippen molar-refractivity contribution in [3.05, 3.63) is 29.8 Å². The minimum atomic E-state index is -4.69. The largest absolute Gasteiger partial charge is 0.573 e. The summed E-state index contributed by atoms with van der Waals surface area (Å²) in [6, 6.07) is 6.11. The number of guanidine groups is 1. The molecule has 0 spiro atoms. The summed E-state index contributed by atoms with van der Waals surface area (Å²) in [5, 5.41) is 0. The summed E-state index contributed by atoms with van der Waals surface area (Å²) >= 11 is 0. The van der Waals surface area contributed by atoms with Gasteiger partial charge in [0.1, 0.15) is 5.75 Å². The first-order valence-corrected chi connectivity index (χ1v) is 7.84. The number of nitrogens with two attached hydrogens (primary N) is 1. The summed E-state index contributed by atoms with van der Waals surface area (Å²) in [6.07, 6.45) is 0.250. The zero-order chi connectivity index (χ0) is 16.7. The van der Waals surface area contributed by atoms with Crippen LogP contribution in [0.2, 0.25) is 0 Å². The molecule has 1 fully saturated rings. The van der Waals surface area contributed by atoms with Crippen LogP contribution in [-0.4, -0.2) is 36.9 Å². The van der Waals surface area contributed by atoms with E-state index in [9.17, 15) is 13.2 Å². The molecule has 128 valence electrons. The third-order valence-electron chi connectivity index (χ3n) is 3.78.